The van der Waals surface area contributed by atoms with Gasteiger partial charge in [0, 0.05) is 19.5 Å². The van der Waals surface area contributed by atoms with Gasteiger partial charge < -0.3 is 15.4 Å². The molecule has 0 amide bonds. The lowest BCUT2D eigenvalue weighted by Gasteiger charge is -2.30. The van der Waals surface area contributed by atoms with Gasteiger partial charge in [0.15, 0.2) is 0 Å². The van der Waals surface area contributed by atoms with Crippen LogP contribution in [0.2, 0.25) is 0 Å². The zero-order valence-corrected chi connectivity index (χ0v) is 9.48. The van der Waals surface area contributed by atoms with Crippen LogP contribution >= 0.6 is 0 Å². The van der Waals surface area contributed by atoms with Crippen molar-refractivity contribution in [2.45, 2.75) is 25.7 Å². The van der Waals surface area contributed by atoms with Crippen LogP contribution in [-0.2, 0) is 11.2 Å². The number of carbonyl (C=O) groups is 1. The Morgan fingerprint density at radius 1 is 1.25 bits per heavy atom. The number of nitrogens with two attached hydrogens (primary N) is 1. The molecular formula is C13H18N2O. The second-order valence-electron chi connectivity index (χ2n) is 4.31. The van der Waals surface area contributed by atoms with Crippen molar-refractivity contribution >= 4 is 17.7 Å². The number of aldehydes is 1. The number of nitrogens with zero attached hydrogens (tertiary/aromatic N) is 1. The third-order valence-electron chi connectivity index (χ3n) is 3.11. The molecule has 16 heavy (non-hydrogen) atoms. The Morgan fingerprint density at radius 3 is 2.62 bits per heavy atom. The van der Waals surface area contributed by atoms with E-state index in [0.717, 1.165) is 36.3 Å². The molecule has 1 aliphatic rings. The third kappa shape index (κ3) is 2.35. The molecular weight excluding hydrogens is 200 g/mol. The van der Waals surface area contributed by atoms with Crippen LogP contribution in [0.1, 0.15) is 24.8 Å². The zero-order chi connectivity index (χ0) is 11.4. The van der Waals surface area contributed by atoms with Gasteiger partial charge >= 0.3 is 0 Å². The molecule has 3 heteroatoms. The van der Waals surface area contributed by atoms with E-state index in [0.29, 0.717) is 6.42 Å². The minimum absolute atomic E-state index is 0.449. The van der Waals surface area contributed by atoms with Crippen molar-refractivity contribution in [1.82, 2.24) is 0 Å². The topological polar surface area (TPSA) is 46.3 Å². The number of piperidine rings is 1. The van der Waals surface area contributed by atoms with Gasteiger partial charge in [0.2, 0.25) is 0 Å². The fourth-order valence-corrected chi connectivity index (χ4v) is 2.25. The summed E-state index contributed by atoms with van der Waals surface area (Å²) in [7, 11) is 0. The SMILES string of the molecule is Nc1cc(CC=O)ccc1N1CCCCC1. The predicted octanol–water partition coefficient (Wildman–Crippen LogP) is 2.00. The molecule has 0 unspecified atom stereocenters. The fourth-order valence-electron chi connectivity index (χ4n) is 2.25. The number of nitrogen functional groups attached to an aromatic ring is 1. The van der Waals surface area contributed by atoms with E-state index in [-0.39, 0.29) is 0 Å². The van der Waals surface area contributed by atoms with Crippen LogP contribution in [-0.4, -0.2) is 19.4 Å². The average Bonchev–Trinajstić information content (AvgIpc) is 2.31. The van der Waals surface area contributed by atoms with E-state index in [4.69, 9.17) is 5.73 Å². The predicted molar refractivity (Wildman–Crippen MR) is 66.7 cm³/mol. The lowest BCUT2D eigenvalue weighted by atomic mass is 10.1. The molecule has 1 aliphatic heterocycles. The van der Waals surface area contributed by atoms with Crippen molar-refractivity contribution in [1.29, 1.82) is 0 Å². The summed E-state index contributed by atoms with van der Waals surface area (Å²) < 4.78 is 0. The van der Waals surface area contributed by atoms with Gasteiger partial charge in [0.05, 0.1) is 11.4 Å². The molecule has 0 aromatic heterocycles. The maximum Gasteiger partial charge on any atom is 0.124 e. The van der Waals surface area contributed by atoms with E-state index in [1.54, 1.807) is 0 Å². The highest BCUT2D eigenvalue weighted by atomic mass is 16.1. The first kappa shape index (κ1) is 11.0. The van der Waals surface area contributed by atoms with Gasteiger partial charge in [0.25, 0.3) is 0 Å². The lowest BCUT2D eigenvalue weighted by Crippen LogP contribution is -2.30. The monoisotopic (exact) mass is 218 g/mol. The zero-order valence-electron chi connectivity index (χ0n) is 9.48. The van der Waals surface area contributed by atoms with E-state index < -0.39 is 0 Å². The van der Waals surface area contributed by atoms with Crippen LogP contribution < -0.4 is 10.6 Å². The highest BCUT2D eigenvalue weighted by Gasteiger charge is 2.13. The van der Waals surface area contributed by atoms with Gasteiger partial charge in [-0.25, -0.2) is 0 Å². The maximum atomic E-state index is 10.4. The van der Waals surface area contributed by atoms with E-state index in [9.17, 15) is 4.79 Å². The summed E-state index contributed by atoms with van der Waals surface area (Å²) in [5, 5.41) is 0. The Kier molecular flexibility index (Phi) is 3.44. The molecule has 1 aromatic carbocycles. The summed E-state index contributed by atoms with van der Waals surface area (Å²) in [5.41, 5.74) is 8.93. The van der Waals surface area contributed by atoms with Gasteiger partial charge in [-0.1, -0.05) is 6.07 Å². The summed E-state index contributed by atoms with van der Waals surface area (Å²) in [6.07, 6.45) is 5.17. The number of hydrogen-bond donors (Lipinski definition) is 1. The minimum atomic E-state index is 0.449. The summed E-state index contributed by atoms with van der Waals surface area (Å²) in [4.78, 5) is 12.8. The van der Waals surface area contributed by atoms with Gasteiger partial charge in [0.1, 0.15) is 6.29 Å². The normalized spacial score (nSPS) is 16.1. The van der Waals surface area contributed by atoms with E-state index >= 15 is 0 Å². The standard InChI is InChI=1S/C13H18N2O/c14-12-10-11(6-9-16)4-5-13(12)15-7-2-1-3-8-15/h4-5,9-10H,1-3,6-8,14H2. The molecule has 2 rings (SSSR count). The Hall–Kier alpha value is -1.51. The molecule has 0 aliphatic carbocycles. The Balaban J connectivity index is 2.17. The lowest BCUT2D eigenvalue weighted by molar-refractivity contribution is -0.107. The first-order valence-electron chi connectivity index (χ1n) is 5.88. The Labute approximate surface area is 96.2 Å². The van der Waals surface area contributed by atoms with Crippen LogP contribution in [0.25, 0.3) is 0 Å². The summed E-state index contributed by atoms with van der Waals surface area (Å²) >= 11 is 0. The third-order valence-corrected chi connectivity index (χ3v) is 3.11. The van der Waals surface area contributed by atoms with Gasteiger partial charge in [-0.05, 0) is 37.0 Å². The Morgan fingerprint density at radius 2 is 2.00 bits per heavy atom. The molecule has 0 spiro atoms. The molecule has 3 nitrogen and oxygen atoms in total. The summed E-state index contributed by atoms with van der Waals surface area (Å²) in [5.74, 6) is 0. The second-order valence-corrected chi connectivity index (χ2v) is 4.31. The number of carbonyl (C=O) groups excluding carboxylic acids is 1. The molecule has 1 aromatic rings. The van der Waals surface area contributed by atoms with Crippen molar-refractivity contribution in [2.24, 2.45) is 0 Å². The van der Waals surface area contributed by atoms with Gasteiger partial charge in [-0.15, -0.1) is 0 Å². The van der Waals surface area contributed by atoms with E-state index in [1.807, 2.05) is 18.2 Å². The van der Waals surface area contributed by atoms with Crippen molar-refractivity contribution in [2.75, 3.05) is 23.7 Å². The number of hydrogen-bond acceptors (Lipinski definition) is 3. The molecule has 1 heterocycles. The quantitative estimate of drug-likeness (QED) is 0.623. The van der Waals surface area contributed by atoms with Gasteiger partial charge in [-0.2, -0.15) is 0 Å². The smallest absolute Gasteiger partial charge is 0.124 e. The Bertz CT molecular complexity index is 370. The molecule has 2 N–H and O–H groups in total. The van der Waals surface area contributed by atoms with Crippen molar-refractivity contribution in [3.05, 3.63) is 23.8 Å². The van der Waals surface area contributed by atoms with Crippen LogP contribution in [0.3, 0.4) is 0 Å². The summed E-state index contributed by atoms with van der Waals surface area (Å²) in [6, 6.07) is 5.95. The van der Waals surface area contributed by atoms with Crippen LogP contribution in [0.5, 0.6) is 0 Å². The molecule has 0 radical (unpaired) electrons. The van der Waals surface area contributed by atoms with Crippen molar-refractivity contribution in [3.8, 4) is 0 Å². The molecule has 0 bridgehead atoms. The highest BCUT2D eigenvalue weighted by molar-refractivity contribution is 5.70. The number of anilines is 2. The van der Waals surface area contributed by atoms with E-state index in [2.05, 4.69) is 4.90 Å². The first-order valence-corrected chi connectivity index (χ1v) is 5.88. The van der Waals surface area contributed by atoms with Crippen molar-refractivity contribution < 1.29 is 4.79 Å². The molecule has 1 fully saturated rings. The highest BCUT2D eigenvalue weighted by Crippen LogP contribution is 2.27. The summed E-state index contributed by atoms with van der Waals surface area (Å²) in [6.45, 7) is 2.19. The molecule has 1 saturated heterocycles. The average molecular weight is 218 g/mol. The maximum absolute atomic E-state index is 10.4. The van der Waals surface area contributed by atoms with Crippen LogP contribution in [0.15, 0.2) is 18.2 Å². The van der Waals surface area contributed by atoms with Gasteiger partial charge in [-0.3, -0.25) is 0 Å². The second kappa shape index (κ2) is 5.01. The molecule has 86 valence electrons. The minimum Gasteiger partial charge on any atom is -0.397 e. The fraction of sp³-hybridized carbons (Fsp3) is 0.462. The molecule has 0 atom stereocenters. The first-order chi connectivity index (χ1) is 7.81. The number of rotatable bonds is 3. The largest absolute Gasteiger partial charge is 0.397 e. The van der Waals surface area contributed by atoms with Crippen molar-refractivity contribution in [3.63, 3.8) is 0 Å². The van der Waals surface area contributed by atoms with Crippen LogP contribution in [0, 0.1) is 0 Å². The van der Waals surface area contributed by atoms with E-state index in [1.165, 1.54) is 19.3 Å². The number of benzene rings is 1. The van der Waals surface area contributed by atoms with Crippen LogP contribution in [0.4, 0.5) is 11.4 Å². The molecule has 0 saturated carbocycles.